The minimum Gasteiger partial charge on any atom is -0.198 e. The molecule has 0 aromatic rings. The van der Waals surface area contributed by atoms with Crippen molar-refractivity contribution < 1.29 is 0 Å². The van der Waals surface area contributed by atoms with Crippen LogP contribution in [0.4, 0.5) is 0 Å². The third-order valence-corrected chi connectivity index (χ3v) is 3.53. The third-order valence-electron chi connectivity index (χ3n) is 3.53. The van der Waals surface area contributed by atoms with Gasteiger partial charge in [-0.3, -0.25) is 0 Å². The van der Waals surface area contributed by atoms with Crippen molar-refractivity contribution in [3.05, 3.63) is 0 Å². The van der Waals surface area contributed by atoms with E-state index in [4.69, 9.17) is 0 Å². The van der Waals surface area contributed by atoms with Gasteiger partial charge in [-0.25, -0.2) is 0 Å². The predicted octanol–water partition coefficient (Wildman–Crippen LogP) is 4.92. The minimum atomic E-state index is -0.0335. The van der Waals surface area contributed by atoms with Crippen LogP contribution in [0.15, 0.2) is 0 Å². The quantitative estimate of drug-likeness (QED) is 0.556. The normalized spacial score (nSPS) is 13.5. The van der Waals surface area contributed by atoms with Crippen LogP contribution in [0.25, 0.3) is 0 Å². The number of hydrogen-bond acceptors (Lipinski definition) is 1. The number of nitrogens with zero attached hydrogens (tertiary/aromatic N) is 1. The molecule has 0 heterocycles. The zero-order valence-electron chi connectivity index (χ0n) is 11.0. The molecule has 0 radical (unpaired) electrons. The molecule has 0 saturated heterocycles. The molecule has 1 heteroatoms. The molecule has 0 aliphatic heterocycles. The maximum Gasteiger partial charge on any atom is 0.0692 e. The fraction of sp³-hybridized carbons (Fsp3) is 0.929. The second-order valence-corrected chi connectivity index (χ2v) is 4.66. The van der Waals surface area contributed by atoms with Gasteiger partial charge in [0.1, 0.15) is 0 Å². The highest BCUT2D eigenvalue weighted by Crippen LogP contribution is 2.41. The fourth-order valence-electron chi connectivity index (χ4n) is 2.85. The van der Waals surface area contributed by atoms with E-state index >= 15 is 0 Å². The van der Waals surface area contributed by atoms with E-state index in [1.807, 2.05) is 0 Å². The van der Waals surface area contributed by atoms with Crippen molar-refractivity contribution in [3.8, 4) is 6.07 Å². The molecule has 0 amide bonds. The third kappa shape index (κ3) is 3.86. The number of nitriles is 1. The Kier molecular flexibility index (Phi) is 7.48. The van der Waals surface area contributed by atoms with Crippen LogP contribution in [0.5, 0.6) is 0 Å². The van der Waals surface area contributed by atoms with Crippen molar-refractivity contribution in [2.45, 2.75) is 72.6 Å². The lowest BCUT2D eigenvalue weighted by atomic mass is 9.68. The molecule has 88 valence electrons. The van der Waals surface area contributed by atoms with Crippen molar-refractivity contribution in [2.75, 3.05) is 0 Å². The molecule has 0 saturated carbocycles. The molecule has 0 aliphatic carbocycles. The first-order valence-corrected chi connectivity index (χ1v) is 6.61. The average molecular weight is 209 g/mol. The lowest BCUT2D eigenvalue weighted by Gasteiger charge is -2.34. The molecule has 0 fully saturated rings. The van der Waals surface area contributed by atoms with Crippen LogP contribution in [-0.4, -0.2) is 0 Å². The zero-order valence-corrected chi connectivity index (χ0v) is 11.0. The Hall–Kier alpha value is -0.510. The lowest BCUT2D eigenvalue weighted by molar-refractivity contribution is 0.180. The maximum atomic E-state index is 9.52. The van der Waals surface area contributed by atoms with E-state index in [-0.39, 0.29) is 5.41 Å². The van der Waals surface area contributed by atoms with Gasteiger partial charge in [0.05, 0.1) is 11.5 Å². The molecule has 1 nitrogen and oxygen atoms in total. The Morgan fingerprint density at radius 2 is 1.53 bits per heavy atom. The van der Waals surface area contributed by atoms with E-state index in [0.29, 0.717) is 5.92 Å². The van der Waals surface area contributed by atoms with Crippen molar-refractivity contribution in [2.24, 2.45) is 11.3 Å². The van der Waals surface area contributed by atoms with Crippen LogP contribution in [0.1, 0.15) is 72.6 Å². The minimum absolute atomic E-state index is 0.0335. The monoisotopic (exact) mass is 209 g/mol. The van der Waals surface area contributed by atoms with E-state index in [1.54, 1.807) is 0 Å². The van der Waals surface area contributed by atoms with Crippen LogP contribution < -0.4 is 0 Å². The van der Waals surface area contributed by atoms with Crippen molar-refractivity contribution in [1.82, 2.24) is 0 Å². The number of rotatable bonds is 8. The van der Waals surface area contributed by atoms with Gasteiger partial charge in [0.2, 0.25) is 0 Å². The molecule has 0 spiro atoms. The molecule has 0 N–H and O–H groups in total. The Balaban J connectivity index is 4.76. The van der Waals surface area contributed by atoms with Crippen LogP contribution in [0.2, 0.25) is 0 Å². The van der Waals surface area contributed by atoms with Gasteiger partial charge in [0.15, 0.2) is 0 Å². The second kappa shape index (κ2) is 7.74. The van der Waals surface area contributed by atoms with Gasteiger partial charge < -0.3 is 0 Å². The maximum absolute atomic E-state index is 9.52. The largest absolute Gasteiger partial charge is 0.198 e. The van der Waals surface area contributed by atoms with Gasteiger partial charge in [0.25, 0.3) is 0 Å². The molecular formula is C14H27N. The molecule has 1 unspecified atom stereocenters. The Morgan fingerprint density at radius 1 is 1.00 bits per heavy atom. The molecule has 0 aliphatic rings. The Bertz CT molecular complexity index is 184. The highest BCUT2D eigenvalue weighted by atomic mass is 14.4. The molecule has 0 bridgehead atoms. The summed E-state index contributed by atoms with van der Waals surface area (Å²) in [5.74, 6) is 0.604. The number of hydrogen-bond donors (Lipinski definition) is 0. The van der Waals surface area contributed by atoms with Crippen molar-refractivity contribution >= 4 is 0 Å². The van der Waals surface area contributed by atoms with E-state index < -0.39 is 0 Å². The first-order chi connectivity index (χ1) is 7.20. The summed E-state index contributed by atoms with van der Waals surface area (Å²) in [5.41, 5.74) is -0.0335. The van der Waals surface area contributed by atoms with E-state index in [9.17, 15) is 5.26 Å². The van der Waals surface area contributed by atoms with Gasteiger partial charge in [-0.1, -0.05) is 53.4 Å². The summed E-state index contributed by atoms with van der Waals surface area (Å²) in [5, 5.41) is 9.52. The van der Waals surface area contributed by atoms with E-state index in [0.717, 1.165) is 32.1 Å². The van der Waals surface area contributed by atoms with E-state index in [1.165, 1.54) is 12.8 Å². The summed E-state index contributed by atoms with van der Waals surface area (Å²) in [4.78, 5) is 0. The van der Waals surface area contributed by atoms with Gasteiger partial charge >= 0.3 is 0 Å². The van der Waals surface area contributed by atoms with Crippen molar-refractivity contribution in [3.63, 3.8) is 0 Å². The Labute approximate surface area is 95.9 Å². The van der Waals surface area contributed by atoms with Gasteiger partial charge in [-0.05, 0) is 25.2 Å². The lowest BCUT2D eigenvalue weighted by Crippen LogP contribution is -2.28. The predicted molar refractivity (Wildman–Crippen MR) is 66.6 cm³/mol. The zero-order chi connectivity index (χ0) is 11.7. The molecular weight excluding hydrogens is 182 g/mol. The van der Waals surface area contributed by atoms with Crippen molar-refractivity contribution in [1.29, 1.82) is 5.26 Å². The fourth-order valence-corrected chi connectivity index (χ4v) is 2.85. The van der Waals surface area contributed by atoms with Gasteiger partial charge in [0, 0.05) is 0 Å². The summed E-state index contributed by atoms with van der Waals surface area (Å²) >= 11 is 0. The SMILES string of the molecule is CCCC(CC)C(C#N)(CCC)CCC. The standard InChI is InChI=1S/C14H27N/c1-5-9-13(8-4)14(12-15,10-6-2)11-7-3/h13H,5-11H2,1-4H3. The first kappa shape index (κ1) is 14.5. The smallest absolute Gasteiger partial charge is 0.0692 e. The highest BCUT2D eigenvalue weighted by Gasteiger charge is 2.35. The van der Waals surface area contributed by atoms with Crippen LogP contribution in [0.3, 0.4) is 0 Å². The molecule has 0 rings (SSSR count). The summed E-state index contributed by atoms with van der Waals surface area (Å²) in [6, 6.07) is 2.65. The topological polar surface area (TPSA) is 23.8 Å². The summed E-state index contributed by atoms with van der Waals surface area (Å²) in [6.45, 7) is 8.85. The summed E-state index contributed by atoms with van der Waals surface area (Å²) in [6.07, 6.45) is 7.99. The van der Waals surface area contributed by atoms with Crippen LogP contribution in [0, 0.1) is 22.7 Å². The van der Waals surface area contributed by atoms with Crippen LogP contribution >= 0.6 is 0 Å². The molecule has 0 aromatic carbocycles. The second-order valence-electron chi connectivity index (χ2n) is 4.66. The first-order valence-electron chi connectivity index (χ1n) is 6.61. The molecule has 0 aromatic heterocycles. The summed E-state index contributed by atoms with van der Waals surface area (Å²) < 4.78 is 0. The van der Waals surface area contributed by atoms with Gasteiger partial charge in [-0.15, -0.1) is 0 Å². The van der Waals surface area contributed by atoms with Crippen LogP contribution in [-0.2, 0) is 0 Å². The van der Waals surface area contributed by atoms with E-state index in [2.05, 4.69) is 33.8 Å². The average Bonchev–Trinajstić information content (AvgIpc) is 2.25. The molecule has 1 atom stereocenters. The highest BCUT2D eigenvalue weighted by molar-refractivity contribution is 5.02. The molecule has 15 heavy (non-hydrogen) atoms. The summed E-state index contributed by atoms with van der Waals surface area (Å²) in [7, 11) is 0. The Morgan fingerprint density at radius 3 is 1.80 bits per heavy atom. The van der Waals surface area contributed by atoms with Gasteiger partial charge in [-0.2, -0.15) is 5.26 Å².